The van der Waals surface area contributed by atoms with Crippen molar-refractivity contribution in [2.45, 2.75) is 6.92 Å². The molecule has 21 heavy (non-hydrogen) atoms. The molecule has 6 heteroatoms. The fourth-order valence-electron chi connectivity index (χ4n) is 1.70. The molecule has 5 nitrogen and oxygen atoms in total. The van der Waals surface area contributed by atoms with E-state index in [4.69, 9.17) is 10.3 Å². The summed E-state index contributed by atoms with van der Waals surface area (Å²) in [5.41, 5.74) is 9.59. The summed E-state index contributed by atoms with van der Waals surface area (Å²) in [6.07, 6.45) is 1.54. The number of hydrogen-bond donors (Lipinski definition) is 0. The zero-order chi connectivity index (χ0) is 15.1. The maximum Gasteiger partial charge on any atom is 0.340 e. The van der Waals surface area contributed by atoms with Crippen molar-refractivity contribution in [3.8, 4) is 10.4 Å². The molecule has 0 atom stereocenters. The number of ether oxygens (including phenoxy) is 1. The Hall–Kier alpha value is -2.56. The zero-order valence-corrected chi connectivity index (χ0v) is 12.2. The van der Waals surface area contributed by atoms with Gasteiger partial charge in [0.2, 0.25) is 0 Å². The largest absolute Gasteiger partial charge is 0.462 e. The smallest absolute Gasteiger partial charge is 0.340 e. The van der Waals surface area contributed by atoms with Crippen molar-refractivity contribution in [2.24, 2.45) is 5.11 Å². The summed E-state index contributed by atoms with van der Waals surface area (Å²) in [5.74, 6) is -0.620. The van der Waals surface area contributed by atoms with Crippen LogP contribution < -0.4 is 0 Å². The average molecular weight is 299 g/mol. The molecule has 0 amide bonds. The van der Waals surface area contributed by atoms with Crippen LogP contribution in [0.5, 0.6) is 0 Å². The Labute approximate surface area is 126 Å². The maximum atomic E-state index is 11.7. The number of carbonyl (C=O) groups is 1. The molecule has 0 unspecified atom stereocenters. The first-order valence-corrected chi connectivity index (χ1v) is 7.15. The summed E-state index contributed by atoms with van der Waals surface area (Å²) in [5, 5.41) is 3.39. The van der Waals surface area contributed by atoms with Gasteiger partial charge in [-0.3, -0.25) is 0 Å². The molecule has 0 aliphatic carbocycles. The summed E-state index contributed by atoms with van der Waals surface area (Å²) >= 11 is 1.51. The van der Waals surface area contributed by atoms with Crippen LogP contribution in [0, 0.1) is 0 Å². The number of carbonyl (C=O) groups excluding carboxylic acids is 1. The predicted octanol–water partition coefficient (Wildman–Crippen LogP) is 4.63. The molecule has 0 bridgehead atoms. The lowest BCUT2D eigenvalue weighted by molar-refractivity contribution is -0.138. The topological polar surface area (TPSA) is 75.1 Å². The standard InChI is InChI=1S/C15H13N3O2S/c1-2-20-15(19)13(17-18-16)10-12-8-9-14(21-12)11-6-4-3-5-7-11/h3-10H,2H2,1H3. The minimum absolute atomic E-state index is 0.0409. The molecule has 0 spiro atoms. The van der Waals surface area contributed by atoms with Gasteiger partial charge in [0.25, 0.3) is 0 Å². The third-order valence-electron chi connectivity index (χ3n) is 2.60. The van der Waals surface area contributed by atoms with Crippen molar-refractivity contribution in [1.29, 1.82) is 0 Å². The molecule has 1 heterocycles. The first-order chi connectivity index (χ1) is 10.2. The van der Waals surface area contributed by atoms with Crippen LogP contribution >= 0.6 is 11.3 Å². The van der Waals surface area contributed by atoms with Gasteiger partial charge in [-0.25, -0.2) is 4.79 Å². The van der Waals surface area contributed by atoms with Crippen molar-refractivity contribution in [3.05, 3.63) is 63.5 Å². The highest BCUT2D eigenvalue weighted by atomic mass is 32.1. The Morgan fingerprint density at radius 1 is 1.33 bits per heavy atom. The summed E-state index contributed by atoms with van der Waals surface area (Å²) in [6, 6.07) is 13.8. The van der Waals surface area contributed by atoms with Gasteiger partial charge in [-0.15, -0.1) is 11.3 Å². The lowest BCUT2D eigenvalue weighted by Gasteiger charge is -2.00. The number of benzene rings is 1. The summed E-state index contributed by atoms with van der Waals surface area (Å²) in [7, 11) is 0. The maximum absolute atomic E-state index is 11.7. The average Bonchev–Trinajstić information content (AvgIpc) is 2.96. The molecule has 0 radical (unpaired) electrons. The van der Waals surface area contributed by atoms with E-state index in [1.807, 2.05) is 42.5 Å². The molecular formula is C15H13N3O2S. The molecule has 0 fully saturated rings. The molecule has 1 aromatic carbocycles. The first kappa shape index (κ1) is 14.8. The van der Waals surface area contributed by atoms with Gasteiger partial charge in [-0.05, 0) is 36.2 Å². The highest BCUT2D eigenvalue weighted by Gasteiger charge is 2.09. The third-order valence-corrected chi connectivity index (χ3v) is 3.68. The van der Waals surface area contributed by atoms with E-state index in [9.17, 15) is 4.79 Å². The number of thiophene rings is 1. The van der Waals surface area contributed by atoms with Crippen LogP contribution in [0.4, 0.5) is 0 Å². The van der Waals surface area contributed by atoms with E-state index in [1.165, 1.54) is 17.4 Å². The minimum atomic E-state index is -0.620. The van der Waals surface area contributed by atoms with Gasteiger partial charge in [-0.1, -0.05) is 35.4 Å². The Kier molecular flexibility index (Phi) is 5.15. The second kappa shape index (κ2) is 7.28. The van der Waals surface area contributed by atoms with Crippen LogP contribution in [0.3, 0.4) is 0 Å². The number of rotatable bonds is 5. The Bertz CT molecular complexity index is 701. The molecule has 1 aromatic heterocycles. The lowest BCUT2D eigenvalue weighted by atomic mass is 10.2. The van der Waals surface area contributed by atoms with Crippen molar-refractivity contribution in [1.82, 2.24) is 0 Å². The second-order valence-corrected chi connectivity index (χ2v) is 5.12. The monoisotopic (exact) mass is 299 g/mol. The van der Waals surface area contributed by atoms with Gasteiger partial charge < -0.3 is 4.74 Å². The van der Waals surface area contributed by atoms with E-state index in [-0.39, 0.29) is 12.3 Å². The van der Waals surface area contributed by atoms with Gasteiger partial charge in [0.15, 0.2) is 0 Å². The minimum Gasteiger partial charge on any atom is -0.462 e. The van der Waals surface area contributed by atoms with E-state index in [2.05, 4.69) is 10.0 Å². The van der Waals surface area contributed by atoms with Crippen LogP contribution in [0.25, 0.3) is 27.0 Å². The Morgan fingerprint density at radius 2 is 2.10 bits per heavy atom. The summed E-state index contributed by atoms with van der Waals surface area (Å²) < 4.78 is 4.85. The van der Waals surface area contributed by atoms with E-state index in [0.717, 1.165) is 15.3 Å². The van der Waals surface area contributed by atoms with Crippen LogP contribution in [0.1, 0.15) is 11.8 Å². The van der Waals surface area contributed by atoms with Crippen LogP contribution in [-0.2, 0) is 9.53 Å². The van der Waals surface area contributed by atoms with Gasteiger partial charge in [0.05, 0.1) is 6.61 Å². The highest BCUT2D eigenvalue weighted by Crippen LogP contribution is 2.29. The summed E-state index contributed by atoms with van der Waals surface area (Å²) in [6.45, 7) is 1.93. The first-order valence-electron chi connectivity index (χ1n) is 6.33. The molecular weight excluding hydrogens is 286 g/mol. The summed E-state index contributed by atoms with van der Waals surface area (Å²) in [4.78, 5) is 16.2. The highest BCUT2D eigenvalue weighted by molar-refractivity contribution is 7.16. The number of esters is 1. The van der Waals surface area contributed by atoms with E-state index >= 15 is 0 Å². The fourth-order valence-corrected chi connectivity index (χ4v) is 2.66. The third kappa shape index (κ3) is 3.95. The predicted molar refractivity (Wildman–Crippen MR) is 83.5 cm³/mol. The zero-order valence-electron chi connectivity index (χ0n) is 11.4. The molecule has 106 valence electrons. The van der Waals surface area contributed by atoms with Gasteiger partial charge >= 0.3 is 5.97 Å². The van der Waals surface area contributed by atoms with E-state index in [1.54, 1.807) is 6.92 Å². The van der Waals surface area contributed by atoms with Crippen molar-refractivity contribution < 1.29 is 9.53 Å². The van der Waals surface area contributed by atoms with Gasteiger partial charge in [-0.2, -0.15) is 0 Å². The van der Waals surface area contributed by atoms with Gasteiger partial charge in [0, 0.05) is 14.7 Å². The molecule has 0 saturated heterocycles. The van der Waals surface area contributed by atoms with Crippen molar-refractivity contribution >= 4 is 23.4 Å². The Balaban J connectivity index is 2.29. The second-order valence-electron chi connectivity index (χ2n) is 4.01. The molecule has 0 saturated carbocycles. The van der Waals surface area contributed by atoms with Crippen LogP contribution in [-0.4, -0.2) is 12.6 Å². The number of nitrogens with zero attached hydrogens (tertiary/aromatic N) is 3. The Morgan fingerprint density at radius 3 is 2.76 bits per heavy atom. The van der Waals surface area contributed by atoms with Crippen molar-refractivity contribution in [3.63, 3.8) is 0 Å². The number of azide groups is 1. The SMILES string of the molecule is CCOC(=O)C(=Cc1ccc(-c2ccccc2)s1)N=[N+]=[N-]. The molecule has 0 N–H and O–H groups in total. The van der Waals surface area contributed by atoms with E-state index in [0.29, 0.717) is 0 Å². The van der Waals surface area contributed by atoms with Crippen LogP contribution in [0.2, 0.25) is 0 Å². The quantitative estimate of drug-likeness (QED) is 0.265. The normalized spacial score (nSPS) is 10.8. The van der Waals surface area contributed by atoms with Crippen molar-refractivity contribution in [2.75, 3.05) is 6.61 Å². The molecule has 2 rings (SSSR count). The van der Waals surface area contributed by atoms with Crippen LogP contribution in [0.15, 0.2) is 53.3 Å². The molecule has 0 aliphatic heterocycles. The lowest BCUT2D eigenvalue weighted by Crippen LogP contribution is -2.05. The molecule has 2 aromatic rings. The molecule has 0 aliphatic rings. The van der Waals surface area contributed by atoms with E-state index < -0.39 is 5.97 Å². The fraction of sp³-hybridized carbons (Fsp3) is 0.133. The number of hydrogen-bond acceptors (Lipinski definition) is 4. The van der Waals surface area contributed by atoms with Gasteiger partial charge in [0.1, 0.15) is 5.70 Å².